The van der Waals surface area contributed by atoms with Crippen LogP contribution in [0.15, 0.2) is 42.7 Å². The summed E-state index contributed by atoms with van der Waals surface area (Å²) in [4.78, 5) is 25.2. The number of hydrogen-bond acceptors (Lipinski definition) is 5. The van der Waals surface area contributed by atoms with Crippen LogP contribution in [0.4, 0.5) is 5.82 Å². The fourth-order valence-corrected chi connectivity index (χ4v) is 2.64. The third-order valence-electron chi connectivity index (χ3n) is 3.89. The molecule has 0 fully saturated rings. The average molecular weight is 350 g/mol. The van der Waals surface area contributed by atoms with Crippen molar-refractivity contribution in [2.75, 3.05) is 18.4 Å². The number of benzene rings is 1. The van der Waals surface area contributed by atoms with Gasteiger partial charge >= 0.3 is 0 Å². The smallest absolute Gasteiger partial charge is 0.251 e. The number of hydrogen-bond donors (Lipinski definition) is 2. The summed E-state index contributed by atoms with van der Waals surface area (Å²) < 4.78 is 1.90. The van der Waals surface area contributed by atoms with Crippen molar-refractivity contribution in [3.05, 3.63) is 65.5 Å². The van der Waals surface area contributed by atoms with Gasteiger partial charge in [-0.1, -0.05) is 17.7 Å². The molecule has 3 aromatic rings. The highest BCUT2D eigenvalue weighted by Crippen LogP contribution is 2.12. The lowest BCUT2D eigenvalue weighted by molar-refractivity contribution is 0.0955. The molecule has 0 atom stereocenters. The minimum Gasteiger partial charge on any atom is -0.368 e. The number of aryl methyl sites for hydroxylation is 3. The molecule has 0 bridgehead atoms. The maximum Gasteiger partial charge on any atom is 0.251 e. The molecule has 0 unspecified atom stereocenters. The molecule has 0 aliphatic rings. The van der Waals surface area contributed by atoms with Crippen molar-refractivity contribution in [1.29, 1.82) is 0 Å². The molecule has 1 amide bonds. The second kappa shape index (κ2) is 7.77. The van der Waals surface area contributed by atoms with Gasteiger partial charge in [0.2, 0.25) is 0 Å². The number of rotatable bonds is 6. The predicted octanol–water partition coefficient (Wildman–Crippen LogP) is 2.43. The Morgan fingerprint density at radius 3 is 2.69 bits per heavy atom. The minimum absolute atomic E-state index is 0.0795. The number of carbonyl (C=O) groups excluding carboxylic acids is 1. The van der Waals surface area contributed by atoms with Crippen molar-refractivity contribution in [3.63, 3.8) is 0 Å². The van der Waals surface area contributed by atoms with E-state index in [-0.39, 0.29) is 5.91 Å². The maximum atomic E-state index is 12.1. The van der Waals surface area contributed by atoms with Crippen LogP contribution in [0.2, 0.25) is 0 Å². The third kappa shape index (κ3) is 4.24. The summed E-state index contributed by atoms with van der Waals surface area (Å²) in [6, 6.07) is 9.39. The molecule has 2 heterocycles. The number of imidazole rings is 1. The first-order valence-corrected chi connectivity index (χ1v) is 8.47. The molecule has 0 saturated heterocycles. The number of anilines is 1. The van der Waals surface area contributed by atoms with Crippen LogP contribution in [0.3, 0.4) is 0 Å². The first-order chi connectivity index (χ1) is 12.5. The molecule has 1 aromatic carbocycles. The van der Waals surface area contributed by atoms with Gasteiger partial charge < -0.3 is 10.6 Å². The highest BCUT2D eigenvalue weighted by Gasteiger charge is 2.07. The zero-order chi connectivity index (χ0) is 18.5. The van der Waals surface area contributed by atoms with Crippen LogP contribution >= 0.6 is 0 Å². The molecule has 2 aromatic heterocycles. The molecule has 0 radical (unpaired) electrons. The van der Waals surface area contributed by atoms with Gasteiger partial charge in [-0.15, -0.1) is 0 Å². The number of amides is 1. The lowest BCUT2D eigenvalue weighted by Gasteiger charge is -2.11. The van der Waals surface area contributed by atoms with Gasteiger partial charge in [0.1, 0.15) is 23.3 Å². The van der Waals surface area contributed by atoms with Crippen LogP contribution in [-0.4, -0.2) is 38.5 Å². The Bertz CT molecular complexity index is 918. The summed E-state index contributed by atoms with van der Waals surface area (Å²) in [5, 5.41) is 6.13. The van der Waals surface area contributed by atoms with E-state index in [1.54, 1.807) is 6.20 Å². The first kappa shape index (κ1) is 17.6. The van der Waals surface area contributed by atoms with E-state index in [1.165, 1.54) is 0 Å². The Morgan fingerprint density at radius 2 is 1.96 bits per heavy atom. The normalized spacial score (nSPS) is 10.6. The Kier molecular flexibility index (Phi) is 5.26. The summed E-state index contributed by atoms with van der Waals surface area (Å²) >= 11 is 0. The molecule has 0 aliphatic heterocycles. The van der Waals surface area contributed by atoms with E-state index >= 15 is 0 Å². The lowest BCUT2D eigenvalue weighted by Crippen LogP contribution is -2.29. The second-order valence-corrected chi connectivity index (χ2v) is 6.06. The van der Waals surface area contributed by atoms with Gasteiger partial charge in [0.05, 0.1) is 0 Å². The molecule has 0 aliphatic carbocycles. The van der Waals surface area contributed by atoms with Gasteiger partial charge in [-0.25, -0.2) is 15.0 Å². The molecule has 2 N–H and O–H groups in total. The van der Waals surface area contributed by atoms with Crippen LogP contribution in [0.5, 0.6) is 0 Å². The molecule has 134 valence electrons. The van der Waals surface area contributed by atoms with E-state index < -0.39 is 0 Å². The highest BCUT2D eigenvalue weighted by atomic mass is 16.1. The molecule has 26 heavy (non-hydrogen) atoms. The summed E-state index contributed by atoms with van der Waals surface area (Å²) in [5.74, 6) is 2.93. The third-order valence-corrected chi connectivity index (χ3v) is 3.89. The van der Waals surface area contributed by atoms with Crippen molar-refractivity contribution < 1.29 is 4.79 Å². The van der Waals surface area contributed by atoms with Crippen LogP contribution in [0.1, 0.15) is 27.6 Å². The summed E-state index contributed by atoms with van der Waals surface area (Å²) in [6.45, 7) is 6.80. The topological polar surface area (TPSA) is 84.7 Å². The van der Waals surface area contributed by atoms with E-state index in [0.717, 1.165) is 17.2 Å². The van der Waals surface area contributed by atoms with Gasteiger partial charge in [0.15, 0.2) is 0 Å². The molecule has 0 spiro atoms. The largest absolute Gasteiger partial charge is 0.368 e. The van der Waals surface area contributed by atoms with Crippen molar-refractivity contribution in [3.8, 4) is 5.82 Å². The number of nitrogens with one attached hydrogen (secondary N) is 2. The molecule has 3 rings (SSSR count). The zero-order valence-electron chi connectivity index (χ0n) is 15.2. The number of aromatic nitrogens is 4. The summed E-state index contributed by atoms with van der Waals surface area (Å²) in [5.41, 5.74) is 1.73. The van der Waals surface area contributed by atoms with E-state index in [1.807, 2.05) is 61.9 Å². The summed E-state index contributed by atoms with van der Waals surface area (Å²) in [7, 11) is 0. The van der Waals surface area contributed by atoms with Crippen molar-refractivity contribution in [1.82, 2.24) is 24.8 Å². The minimum atomic E-state index is -0.0795. The number of carbonyl (C=O) groups is 1. The Balaban J connectivity index is 1.58. The van der Waals surface area contributed by atoms with E-state index in [2.05, 4.69) is 25.6 Å². The van der Waals surface area contributed by atoms with E-state index in [0.29, 0.717) is 30.3 Å². The Hall–Kier alpha value is -3.22. The predicted molar refractivity (Wildman–Crippen MR) is 101 cm³/mol. The van der Waals surface area contributed by atoms with Crippen molar-refractivity contribution in [2.45, 2.75) is 20.8 Å². The monoisotopic (exact) mass is 350 g/mol. The maximum absolute atomic E-state index is 12.1. The molecular weight excluding hydrogens is 328 g/mol. The first-order valence-electron chi connectivity index (χ1n) is 8.47. The van der Waals surface area contributed by atoms with Crippen LogP contribution in [0.25, 0.3) is 5.82 Å². The van der Waals surface area contributed by atoms with Crippen molar-refractivity contribution >= 4 is 11.7 Å². The fraction of sp³-hybridized carbons (Fsp3) is 0.263. The van der Waals surface area contributed by atoms with Crippen LogP contribution in [0, 0.1) is 20.8 Å². The fourth-order valence-electron chi connectivity index (χ4n) is 2.64. The van der Waals surface area contributed by atoms with E-state index in [4.69, 9.17) is 0 Å². The standard InChI is InChI=1S/C19H22N6O/c1-13-5-4-6-16(11-13)19(26)22-8-7-21-17-12-18(24-14(2)23-17)25-10-9-20-15(25)3/h4-6,9-12H,7-8H2,1-3H3,(H,22,26)(H,21,23,24). The molecule has 7 heteroatoms. The number of nitrogens with zero attached hydrogens (tertiary/aromatic N) is 4. The van der Waals surface area contributed by atoms with Gasteiger partial charge in [-0.3, -0.25) is 9.36 Å². The Morgan fingerprint density at radius 1 is 1.12 bits per heavy atom. The van der Waals surface area contributed by atoms with Crippen molar-refractivity contribution in [2.24, 2.45) is 0 Å². The van der Waals surface area contributed by atoms with E-state index in [9.17, 15) is 4.79 Å². The average Bonchev–Trinajstić information content (AvgIpc) is 3.04. The Labute approximate surface area is 152 Å². The molecular formula is C19H22N6O. The van der Waals surface area contributed by atoms with Gasteiger partial charge in [0, 0.05) is 37.1 Å². The summed E-state index contributed by atoms with van der Waals surface area (Å²) in [6.07, 6.45) is 3.60. The quantitative estimate of drug-likeness (QED) is 0.667. The van der Waals surface area contributed by atoms with Gasteiger partial charge in [-0.05, 0) is 32.9 Å². The molecule has 0 saturated carbocycles. The highest BCUT2D eigenvalue weighted by molar-refractivity contribution is 5.94. The van der Waals surface area contributed by atoms with Crippen LogP contribution < -0.4 is 10.6 Å². The zero-order valence-corrected chi connectivity index (χ0v) is 15.2. The molecule has 7 nitrogen and oxygen atoms in total. The lowest BCUT2D eigenvalue weighted by atomic mass is 10.1. The SMILES string of the molecule is Cc1cccc(C(=O)NCCNc2cc(-n3ccnc3C)nc(C)n2)c1. The van der Waals surface area contributed by atoms with Gasteiger partial charge in [0.25, 0.3) is 5.91 Å². The van der Waals surface area contributed by atoms with Gasteiger partial charge in [-0.2, -0.15) is 0 Å². The second-order valence-electron chi connectivity index (χ2n) is 6.06. The van der Waals surface area contributed by atoms with Crippen LogP contribution in [-0.2, 0) is 0 Å².